The quantitative estimate of drug-likeness (QED) is 0.165. The third-order valence-corrected chi connectivity index (χ3v) is 3.55. The molecule has 7 heteroatoms. The van der Waals surface area contributed by atoms with E-state index in [-0.39, 0.29) is 34.6 Å². The maximum atomic E-state index is 10.6. The van der Waals surface area contributed by atoms with Crippen LogP contribution in [0.4, 0.5) is 5.69 Å². The van der Waals surface area contributed by atoms with E-state index in [9.17, 15) is 10.1 Å². The Hall–Kier alpha value is -1.38. The molecule has 2 N–H and O–H groups in total. The molecule has 0 spiro atoms. The fourth-order valence-electron chi connectivity index (χ4n) is 2.16. The number of nitrogens with zero attached hydrogens (tertiary/aromatic N) is 2. The molecule has 6 nitrogen and oxygen atoms in total. The van der Waals surface area contributed by atoms with E-state index in [0.29, 0.717) is 6.04 Å². The molecular formula is C16H25IN4O2. The number of nitrogens with one attached hydrogen (secondary N) is 2. The first-order valence-electron chi connectivity index (χ1n) is 7.97. The summed E-state index contributed by atoms with van der Waals surface area (Å²) in [6.45, 7) is 3.75. The van der Waals surface area contributed by atoms with Crippen LogP contribution in [0.1, 0.15) is 38.2 Å². The Kier molecular flexibility index (Phi) is 8.90. The van der Waals surface area contributed by atoms with Gasteiger partial charge in [-0.15, -0.1) is 24.0 Å². The van der Waals surface area contributed by atoms with Gasteiger partial charge in [0.25, 0.3) is 5.69 Å². The molecule has 0 bridgehead atoms. The van der Waals surface area contributed by atoms with Crippen molar-refractivity contribution in [3.05, 3.63) is 39.9 Å². The number of aliphatic imine (C=N–C) groups is 1. The first-order valence-corrected chi connectivity index (χ1v) is 7.97. The lowest BCUT2D eigenvalue weighted by molar-refractivity contribution is -0.384. The Bertz CT molecular complexity index is 515. The highest BCUT2D eigenvalue weighted by Crippen LogP contribution is 2.18. The van der Waals surface area contributed by atoms with E-state index >= 15 is 0 Å². The van der Waals surface area contributed by atoms with Gasteiger partial charge in [0.05, 0.1) is 4.92 Å². The standard InChI is InChI=1S/C16H24N4O2.HI/c1-2-17-16(19-14-8-9-14)18-12-4-3-5-13-6-10-15(11-7-13)20(21)22;/h6-7,10-11,14H,2-5,8-9,12H2,1H3,(H2,17,18,19);1H. The minimum absolute atomic E-state index is 0. The molecule has 0 aromatic heterocycles. The van der Waals surface area contributed by atoms with Crippen molar-refractivity contribution in [1.82, 2.24) is 10.6 Å². The highest BCUT2D eigenvalue weighted by Gasteiger charge is 2.21. The molecule has 0 amide bonds. The smallest absolute Gasteiger partial charge is 0.269 e. The molecule has 2 rings (SSSR count). The molecule has 0 unspecified atom stereocenters. The first kappa shape index (κ1) is 19.7. The second-order valence-electron chi connectivity index (χ2n) is 5.56. The normalized spacial score (nSPS) is 14.0. The third kappa shape index (κ3) is 7.62. The van der Waals surface area contributed by atoms with Crippen LogP contribution >= 0.6 is 24.0 Å². The fourth-order valence-corrected chi connectivity index (χ4v) is 2.16. The molecule has 0 heterocycles. The molecule has 23 heavy (non-hydrogen) atoms. The van der Waals surface area contributed by atoms with Crippen LogP contribution in [0.25, 0.3) is 0 Å². The summed E-state index contributed by atoms with van der Waals surface area (Å²) in [5.74, 6) is 0.917. The summed E-state index contributed by atoms with van der Waals surface area (Å²) < 4.78 is 0. The van der Waals surface area contributed by atoms with Crippen molar-refractivity contribution in [3.8, 4) is 0 Å². The van der Waals surface area contributed by atoms with Gasteiger partial charge in [0.2, 0.25) is 0 Å². The highest BCUT2D eigenvalue weighted by atomic mass is 127. The zero-order valence-electron chi connectivity index (χ0n) is 13.5. The average molecular weight is 432 g/mol. The second kappa shape index (κ2) is 10.4. The molecule has 1 saturated carbocycles. The lowest BCUT2D eigenvalue weighted by Gasteiger charge is -2.09. The number of rotatable bonds is 8. The Morgan fingerprint density at radius 1 is 1.30 bits per heavy atom. The van der Waals surface area contributed by atoms with E-state index < -0.39 is 0 Å². The van der Waals surface area contributed by atoms with Crippen LogP contribution in [0.3, 0.4) is 0 Å². The lowest BCUT2D eigenvalue weighted by atomic mass is 10.1. The van der Waals surface area contributed by atoms with Crippen molar-refractivity contribution in [3.63, 3.8) is 0 Å². The molecule has 1 fully saturated rings. The van der Waals surface area contributed by atoms with Gasteiger partial charge in [-0.2, -0.15) is 0 Å². The number of guanidine groups is 1. The van der Waals surface area contributed by atoms with Crippen LogP contribution in [0.15, 0.2) is 29.3 Å². The number of unbranched alkanes of at least 4 members (excludes halogenated alkanes) is 1. The maximum Gasteiger partial charge on any atom is 0.269 e. The lowest BCUT2D eigenvalue weighted by Crippen LogP contribution is -2.38. The summed E-state index contributed by atoms with van der Waals surface area (Å²) in [6.07, 6.45) is 5.46. The predicted molar refractivity (Wildman–Crippen MR) is 104 cm³/mol. The molecule has 0 saturated heterocycles. The number of hydrogen-bond acceptors (Lipinski definition) is 3. The van der Waals surface area contributed by atoms with Gasteiger partial charge in [-0.1, -0.05) is 12.1 Å². The number of aryl methyl sites for hydroxylation is 1. The van der Waals surface area contributed by atoms with Gasteiger partial charge < -0.3 is 10.6 Å². The van der Waals surface area contributed by atoms with E-state index in [2.05, 4.69) is 22.5 Å². The molecule has 0 aliphatic heterocycles. The highest BCUT2D eigenvalue weighted by molar-refractivity contribution is 14.0. The Balaban J connectivity index is 0.00000264. The average Bonchev–Trinajstić information content (AvgIpc) is 3.31. The minimum Gasteiger partial charge on any atom is -0.357 e. The first-order chi connectivity index (χ1) is 10.7. The van der Waals surface area contributed by atoms with E-state index in [1.54, 1.807) is 12.1 Å². The number of nitro groups is 1. The molecule has 0 atom stereocenters. The van der Waals surface area contributed by atoms with Crippen LogP contribution in [-0.4, -0.2) is 30.0 Å². The number of benzene rings is 1. The van der Waals surface area contributed by atoms with Crippen molar-refractivity contribution >= 4 is 35.6 Å². The van der Waals surface area contributed by atoms with Gasteiger partial charge >= 0.3 is 0 Å². The van der Waals surface area contributed by atoms with Crippen molar-refractivity contribution in [1.29, 1.82) is 0 Å². The van der Waals surface area contributed by atoms with Gasteiger partial charge in [0.15, 0.2) is 5.96 Å². The number of halogens is 1. The van der Waals surface area contributed by atoms with E-state index in [1.807, 2.05) is 12.1 Å². The topological polar surface area (TPSA) is 79.6 Å². The van der Waals surface area contributed by atoms with Crippen LogP contribution in [-0.2, 0) is 6.42 Å². The largest absolute Gasteiger partial charge is 0.357 e. The van der Waals surface area contributed by atoms with Crippen molar-refractivity contribution in [2.75, 3.05) is 13.1 Å². The Morgan fingerprint density at radius 3 is 2.57 bits per heavy atom. The summed E-state index contributed by atoms with van der Waals surface area (Å²) in [5, 5.41) is 17.2. The third-order valence-electron chi connectivity index (χ3n) is 3.55. The molecule has 1 aliphatic rings. The van der Waals surface area contributed by atoms with Crippen molar-refractivity contribution < 1.29 is 4.92 Å². The monoisotopic (exact) mass is 432 g/mol. The van der Waals surface area contributed by atoms with Gasteiger partial charge in [0.1, 0.15) is 0 Å². The van der Waals surface area contributed by atoms with Crippen LogP contribution in [0, 0.1) is 10.1 Å². The van der Waals surface area contributed by atoms with Crippen LogP contribution in [0.2, 0.25) is 0 Å². The predicted octanol–water partition coefficient (Wildman–Crippen LogP) is 3.25. The number of non-ortho nitro benzene ring substituents is 1. The van der Waals surface area contributed by atoms with Crippen molar-refractivity contribution in [2.45, 2.75) is 45.1 Å². The van der Waals surface area contributed by atoms with Gasteiger partial charge in [-0.3, -0.25) is 15.1 Å². The molecule has 1 aliphatic carbocycles. The van der Waals surface area contributed by atoms with E-state index in [0.717, 1.165) is 43.9 Å². The number of nitro benzene ring substituents is 1. The van der Waals surface area contributed by atoms with Gasteiger partial charge in [0, 0.05) is 31.3 Å². The second-order valence-corrected chi connectivity index (χ2v) is 5.56. The zero-order valence-corrected chi connectivity index (χ0v) is 15.8. The van der Waals surface area contributed by atoms with Crippen molar-refractivity contribution in [2.24, 2.45) is 4.99 Å². The van der Waals surface area contributed by atoms with E-state index in [4.69, 9.17) is 0 Å². The summed E-state index contributed by atoms with van der Waals surface area (Å²) in [4.78, 5) is 14.8. The number of hydrogen-bond donors (Lipinski definition) is 2. The summed E-state index contributed by atoms with van der Waals surface area (Å²) in [5.41, 5.74) is 1.28. The van der Waals surface area contributed by atoms with Gasteiger partial charge in [-0.05, 0) is 44.6 Å². The van der Waals surface area contributed by atoms with E-state index in [1.165, 1.54) is 12.8 Å². The SMILES string of the molecule is CCNC(=NCCCCc1ccc([N+](=O)[O-])cc1)NC1CC1.I. The fraction of sp³-hybridized carbons (Fsp3) is 0.562. The summed E-state index contributed by atoms with van der Waals surface area (Å²) >= 11 is 0. The maximum absolute atomic E-state index is 10.6. The molecule has 128 valence electrons. The Morgan fingerprint density at radius 2 is 2.00 bits per heavy atom. The molecule has 1 aromatic rings. The molecular weight excluding hydrogens is 407 g/mol. The molecule has 1 aromatic carbocycles. The zero-order chi connectivity index (χ0) is 15.8. The summed E-state index contributed by atoms with van der Waals surface area (Å²) in [6, 6.07) is 7.41. The Labute approximate surface area is 154 Å². The minimum atomic E-state index is -0.367. The van der Waals surface area contributed by atoms with Crippen LogP contribution in [0.5, 0.6) is 0 Å². The van der Waals surface area contributed by atoms with Crippen LogP contribution < -0.4 is 10.6 Å². The summed E-state index contributed by atoms with van der Waals surface area (Å²) in [7, 11) is 0. The van der Waals surface area contributed by atoms with Gasteiger partial charge in [-0.25, -0.2) is 0 Å². The molecule has 0 radical (unpaired) electrons.